The van der Waals surface area contributed by atoms with Gasteiger partial charge in [0.25, 0.3) is 0 Å². The standard InChI is InChI=1S/C20H32N2O7/c1-15(12-21-18(23)29-20(2,3)4)22(28-14-17(25-5)26-6)19(24)27-13-16-10-8-7-9-11-16/h7-11,15,17H,12-14H2,1-6H3,(H,21,23). The Kier molecular flexibility index (Phi) is 10.4. The third-order valence-corrected chi connectivity index (χ3v) is 3.60. The quantitative estimate of drug-likeness (QED) is 0.466. The average molecular weight is 412 g/mol. The van der Waals surface area contributed by atoms with Crippen LogP contribution in [0.25, 0.3) is 0 Å². The van der Waals surface area contributed by atoms with Crippen LogP contribution in [0.1, 0.15) is 33.3 Å². The molecule has 1 unspecified atom stereocenters. The van der Waals surface area contributed by atoms with E-state index in [1.165, 1.54) is 14.2 Å². The fourth-order valence-electron chi connectivity index (χ4n) is 2.14. The summed E-state index contributed by atoms with van der Waals surface area (Å²) in [6.45, 7) is 7.15. The maximum Gasteiger partial charge on any atom is 0.434 e. The van der Waals surface area contributed by atoms with E-state index in [2.05, 4.69) is 5.32 Å². The number of hydrogen-bond acceptors (Lipinski definition) is 7. The SMILES string of the molecule is COC(CON(C(=O)OCc1ccccc1)C(C)CNC(=O)OC(C)(C)C)OC. The molecule has 0 saturated heterocycles. The van der Waals surface area contributed by atoms with Crippen LogP contribution in [0.3, 0.4) is 0 Å². The predicted octanol–water partition coefficient (Wildman–Crippen LogP) is 3.09. The van der Waals surface area contributed by atoms with Gasteiger partial charge >= 0.3 is 12.2 Å². The summed E-state index contributed by atoms with van der Waals surface area (Å²) in [5.74, 6) is 0. The number of ether oxygens (including phenoxy) is 4. The van der Waals surface area contributed by atoms with E-state index in [0.717, 1.165) is 10.6 Å². The Morgan fingerprint density at radius 1 is 1.10 bits per heavy atom. The van der Waals surface area contributed by atoms with Gasteiger partial charge in [0.2, 0.25) is 0 Å². The third kappa shape index (κ3) is 10.1. The van der Waals surface area contributed by atoms with Gasteiger partial charge in [-0.1, -0.05) is 30.3 Å². The molecular formula is C20H32N2O7. The van der Waals surface area contributed by atoms with E-state index in [-0.39, 0.29) is 19.8 Å². The minimum atomic E-state index is -0.696. The zero-order chi connectivity index (χ0) is 21.9. The Morgan fingerprint density at radius 2 is 1.72 bits per heavy atom. The lowest BCUT2D eigenvalue weighted by atomic mass is 10.2. The summed E-state index contributed by atoms with van der Waals surface area (Å²) in [6, 6.07) is 8.73. The first kappa shape index (κ1) is 24.7. The summed E-state index contributed by atoms with van der Waals surface area (Å²) < 4.78 is 20.7. The predicted molar refractivity (Wildman–Crippen MR) is 106 cm³/mol. The molecule has 0 aliphatic rings. The number of nitrogens with zero attached hydrogens (tertiary/aromatic N) is 1. The summed E-state index contributed by atoms with van der Waals surface area (Å²) in [4.78, 5) is 30.0. The molecule has 1 rings (SSSR count). The van der Waals surface area contributed by atoms with E-state index in [0.29, 0.717) is 0 Å². The number of hydrogen-bond donors (Lipinski definition) is 1. The summed E-state index contributed by atoms with van der Waals surface area (Å²) in [6.07, 6.45) is -1.95. The summed E-state index contributed by atoms with van der Waals surface area (Å²) in [5, 5.41) is 3.66. The lowest BCUT2D eigenvalue weighted by Crippen LogP contribution is -2.47. The molecule has 0 saturated carbocycles. The number of amides is 2. The van der Waals surface area contributed by atoms with Crippen molar-refractivity contribution >= 4 is 12.2 Å². The Bertz CT molecular complexity index is 615. The van der Waals surface area contributed by atoms with Crippen molar-refractivity contribution in [2.75, 3.05) is 27.4 Å². The highest BCUT2D eigenvalue weighted by molar-refractivity contribution is 5.68. The van der Waals surface area contributed by atoms with E-state index < -0.39 is 30.1 Å². The number of carbonyl (C=O) groups is 2. The molecule has 0 aliphatic carbocycles. The monoisotopic (exact) mass is 412 g/mol. The zero-order valence-electron chi connectivity index (χ0n) is 18.0. The molecule has 0 spiro atoms. The average Bonchev–Trinajstić information content (AvgIpc) is 2.67. The van der Waals surface area contributed by atoms with Crippen LogP contribution in [-0.4, -0.2) is 62.6 Å². The molecule has 1 atom stereocenters. The molecule has 9 nitrogen and oxygen atoms in total. The van der Waals surface area contributed by atoms with Crippen molar-refractivity contribution < 1.29 is 33.4 Å². The van der Waals surface area contributed by atoms with Gasteiger partial charge in [-0.05, 0) is 33.3 Å². The number of methoxy groups -OCH3 is 2. The Balaban J connectivity index is 2.69. The van der Waals surface area contributed by atoms with Crippen LogP contribution >= 0.6 is 0 Å². The van der Waals surface area contributed by atoms with Crippen LogP contribution in [-0.2, 0) is 30.4 Å². The number of nitrogens with one attached hydrogen (secondary N) is 1. The topological polar surface area (TPSA) is 95.6 Å². The highest BCUT2D eigenvalue weighted by atomic mass is 16.8. The Hall–Kier alpha value is -2.36. The summed E-state index contributed by atoms with van der Waals surface area (Å²) in [5.41, 5.74) is 0.217. The van der Waals surface area contributed by atoms with Gasteiger partial charge in [0.15, 0.2) is 6.29 Å². The van der Waals surface area contributed by atoms with E-state index in [1.807, 2.05) is 30.3 Å². The highest BCUT2D eigenvalue weighted by Gasteiger charge is 2.26. The van der Waals surface area contributed by atoms with Crippen LogP contribution in [0.15, 0.2) is 30.3 Å². The van der Waals surface area contributed by atoms with Crippen LogP contribution in [0.4, 0.5) is 9.59 Å². The number of rotatable bonds is 10. The first-order valence-corrected chi connectivity index (χ1v) is 9.31. The van der Waals surface area contributed by atoms with Crippen molar-refractivity contribution in [3.63, 3.8) is 0 Å². The van der Waals surface area contributed by atoms with Gasteiger partial charge < -0.3 is 24.3 Å². The normalized spacial score (nSPS) is 12.4. The molecule has 0 heterocycles. The number of benzene rings is 1. The first-order chi connectivity index (χ1) is 13.7. The van der Waals surface area contributed by atoms with Gasteiger partial charge in [0, 0.05) is 20.8 Å². The molecule has 1 aromatic rings. The van der Waals surface area contributed by atoms with Gasteiger partial charge in [0.05, 0.1) is 6.04 Å². The van der Waals surface area contributed by atoms with E-state index in [1.54, 1.807) is 27.7 Å². The molecular weight excluding hydrogens is 380 g/mol. The third-order valence-electron chi connectivity index (χ3n) is 3.60. The molecule has 0 aromatic heterocycles. The van der Waals surface area contributed by atoms with Gasteiger partial charge in [-0.25, -0.2) is 9.59 Å². The fourth-order valence-corrected chi connectivity index (χ4v) is 2.14. The molecule has 0 fully saturated rings. The molecule has 164 valence electrons. The van der Waals surface area contributed by atoms with Crippen LogP contribution in [0.2, 0.25) is 0 Å². The second-order valence-electron chi connectivity index (χ2n) is 7.29. The van der Waals surface area contributed by atoms with Crippen LogP contribution in [0, 0.1) is 0 Å². The van der Waals surface area contributed by atoms with Crippen LogP contribution in [0.5, 0.6) is 0 Å². The van der Waals surface area contributed by atoms with Crippen molar-refractivity contribution in [2.45, 2.75) is 52.2 Å². The largest absolute Gasteiger partial charge is 0.444 e. The van der Waals surface area contributed by atoms with Crippen molar-refractivity contribution in [3.05, 3.63) is 35.9 Å². The minimum absolute atomic E-state index is 0.0375. The molecule has 1 N–H and O–H groups in total. The van der Waals surface area contributed by atoms with Gasteiger partial charge in [-0.3, -0.25) is 4.84 Å². The highest BCUT2D eigenvalue weighted by Crippen LogP contribution is 2.10. The Labute approximate surface area is 172 Å². The first-order valence-electron chi connectivity index (χ1n) is 9.31. The van der Waals surface area contributed by atoms with Crippen molar-refractivity contribution in [2.24, 2.45) is 0 Å². The van der Waals surface area contributed by atoms with E-state index in [9.17, 15) is 9.59 Å². The number of alkyl carbamates (subject to hydrolysis) is 1. The maximum atomic E-state index is 12.6. The number of hydroxylamine groups is 2. The van der Waals surface area contributed by atoms with Gasteiger partial charge in [-0.15, -0.1) is 0 Å². The smallest absolute Gasteiger partial charge is 0.434 e. The Morgan fingerprint density at radius 3 is 2.28 bits per heavy atom. The lowest BCUT2D eigenvalue weighted by molar-refractivity contribution is -0.221. The molecule has 9 heteroatoms. The summed E-state index contributed by atoms with van der Waals surface area (Å²) in [7, 11) is 2.92. The molecule has 0 radical (unpaired) electrons. The fraction of sp³-hybridized carbons (Fsp3) is 0.600. The summed E-state index contributed by atoms with van der Waals surface area (Å²) >= 11 is 0. The van der Waals surface area contributed by atoms with Crippen LogP contribution < -0.4 is 5.32 Å². The zero-order valence-corrected chi connectivity index (χ0v) is 18.0. The van der Waals surface area contributed by atoms with Gasteiger partial charge in [0.1, 0.15) is 18.8 Å². The van der Waals surface area contributed by atoms with Crippen molar-refractivity contribution in [3.8, 4) is 0 Å². The second kappa shape index (κ2) is 12.3. The molecule has 0 aliphatic heterocycles. The molecule has 0 bridgehead atoms. The molecule has 1 aromatic carbocycles. The molecule has 29 heavy (non-hydrogen) atoms. The number of carbonyl (C=O) groups excluding carboxylic acids is 2. The lowest BCUT2D eigenvalue weighted by Gasteiger charge is -2.29. The molecule has 2 amide bonds. The van der Waals surface area contributed by atoms with Gasteiger partial charge in [-0.2, -0.15) is 5.06 Å². The van der Waals surface area contributed by atoms with E-state index >= 15 is 0 Å². The van der Waals surface area contributed by atoms with Crippen molar-refractivity contribution in [1.29, 1.82) is 0 Å². The maximum absolute atomic E-state index is 12.6. The minimum Gasteiger partial charge on any atom is -0.444 e. The second-order valence-corrected chi connectivity index (χ2v) is 7.29. The van der Waals surface area contributed by atoms with E-state index in [4.69, 9.17) is 23.8 Å². The van der Waals surface area contributed by atoms with Crippen molar-refractivity contribution in [1.82, 2.24) is 10.4 Å².